The zero-order valence-electron chi connectivity index (χ0n) is 8.67. The normalized spacial score (nSPS) is 12.1. The molecule has 0 radical (unpaired) electrons. The topological polar surface area (TPSA) is 46.5 Å². The van der Waals surface area contributed by atoms with Crippen molar-refractivity contribution in [3.05, 3.63) is 53.0 Å². The summed E-state index contributed by atoms with van der Waals surface area (Å²) in [6.45, 7) is 0. The maximum Gasteiger partial charge on any atom is 0.186 e. The van der Waals surface area contributed by atoms with E-state index in [-0.39, 0.29) is 0 Å². The molecular formula is C12H9BrO3S. The number of ether oxygens (including phenoxy) is 1. The van der Waals surface area contributed by atoms with E-state index >= 15 is 0 Å². The molecule has 0 spiro atoms. The first kappa shape index (κ1) is 12.3. The van der Waals surface area contributed by atoms with Crippen LogP contribution in [0.2, 0.25) is 0 Å². The quantitative estimate of drug-likeness (QED) is 0.876. The first-order valence-corrected chi connectivity index (χ1v) is 6.69. The lowest BCUT2D eigenvalue weighted by Crippen LogP contribution is -1.89. The van der Waals surface area contributed by atoms with Crippen LogP contribution in [0.15, 0.2) is 57.9 Å². The highest BCUT2D eigenvalue weighted by Crippen LogP contribution is 2.25. The minimum Gasteiger partial charge on any atom is -0.457 e. The molecule has 0 saturated heterocycles. The summed E-state index contributed by atoms with van der Waals surface area (Å²) in [5, 5.41) is 0. The van der Waals surface area contributed by atoms with E-state index in [1.807, 2.05) is 24.3 Å². The Morgan fingerprint density at radius 3 is 2.35 bits per heavy atom. The van der Waals surface area contributed by atoms with Gasteiger partial charge in [0.05, 0.1) is 4.90 Å². The summed E-state index contributed by atoms with van der Waals surface area (Å²) in [4.78, 5) is 0.317. The van der Waals surface area contributed by atoms with E-state index in [2.05, 4.69) is 15.9 Å². The minimum absolute atomic E-state index is 0.317. The molecule has 0 aliphatic rings. The van der Waals surface area contributed by atoms with Crippen molar-refractivity contribution in [1.29, 1.82) is 0 Å². The number of benzene rings is 2. The zero-order chi connectivity index (χ0) is 12.3. The molecule has 0 aliphatic heterocycles. The van der Waals surface area contributed by atoms with Crippen molar-refractivity contribution in [1.82, 2.24) is 0 Å². The second-order valence-electron chi connectivity index (χ2n) is 3.28. The first-order chi connectivity index (χ1) is 8.15. The Kier molecular flexibility index (Phi) is 3.93. The van der Waals surface area contributed by atoms with Crippen molar-refractivity contribution >= 4 is 27.0 Å². The molecule has 0 fully saturated rings. The molecule has 0 aliphatic carbocycles. The van der Waals surface area contributed by atoms with E-state index in [4.69, 9.17) is 9.29 Å². The molecule has 0 amide bonds. The van der Waals surface area contributed by atoms with E-state index in [9.17, 15) is 4.21 Å². The molecule has 2 rings (SSSR count). The van der Waals surface area contributed by atoms with Gasteiger partial charge in [-0.15, -0.1) is 0 Å². The van der Waals surface area contributed by atoms with E-state index in [0.717, 1.165) is 4.47 Å². The van der Waals surface area contributed by atoms with Crippen LogP contribution in [0.3, 0.4) is 0 Å². The van der Waals surface area contributed by atoms with Crippen LogP contribution in [0.4, 0.5) is 0 Å². The molecule has 5 heteroatoms. The third-order valence-electron chi connectivity index (χ3n) is 2.04. The van der Waals surface area contributed by atoms with Gasteiger partial charge >= 0.3 is 0 Å². The number of rotatable bonds is 3. The highest BCUT2D eigenvalue weighted by atomic mass is 79.9. The van der Waals surface area contributed by atoms with Crippen LogP contribution in [-0.4, -0.2) is 8.76 Å². The van der Waals surface area contributed by atoms with Crippen LogP contribution in [0.1, 0.15) is 0 Å². The van der Waals surface area contributed by atoms with Crippen molar-refractivity contribution in [3.63, 3.8) is 0 Å². The van der Waals surface area contributed by atoms with E-state index in [0.29, 0.717) is 16.4 Å². The predicted octanol–water partition coefficient (Wildman–Crippen LogP) is 3.82. The molecule has 0 saturated carbocycles. The molecular weight excluding hydrogens is 304 g/mol. The lowest BCUT2D eigenvalue weighted by molar-refractivity contribution is 0.480. The van der Waals surface area contributed by atoms with Crippen molar-refractivity contribution < 1.29 is 13.5 Å². The van der Waals surface area contributed by atoms with Crippen LogP contribution in [0.5, 0.6) is 11.5 Å². The first-order valence-electron chi connectivity index (χ1n) is 4.79. The van der Waals surface area contributed by atoms with Gasteiger partial charge in [0, 0.05) is 4.47 Å². The third kappa shape index (κ3) is 3.39. The average Bonchev–Trinajstić information content (AvgIpc) is 2.29. The largest absolute Gasteiger partial charge is 0.457 e. The second kappa shape index (κ2) is 5.44. The van der Waals surface area contributed by atoms with Crippen molar-refractivity contribution in [2.24, 2.45) is 0 Å². The van der Waals surface area contributed by atoms with Crippen LogP contribution in [0, 0.1) is 0 Å². The van der Waals surface area contributed by atoms with Crippen LogP contribution >= 0.6 is 15.9 Å². The highest BCUT2D eigenvalue weighted by molar-refractivity contribution is 9.10. The summed E-state index contributed by atoms with van der Waals surface area (Å²) in [5.74, 6) is 1.20. The van der Waals surface area contributed by atoms with E-state index in [1.54, 1.807) is 18.2 Å². The van der Waals surface area contributed by atoms with Gasteiger partial charge in [-0.1, -0.05) is 28.1 Å². The van der Waals surface area contributed by atoms with E-state index < -0.39 is 11.1 Å². The maximum absolute atomic E-state index is 10.9. The Hall–Kier alpha value is -1.17. The van der Waals surface area contributed by atoms with Gasteiger partial charge in [-0.2, -0.15) is 0 Å². The molecule has 0 bridgehead atoms. The van der Waals surface area contributed by atoms with Gasteiger partial charge in [0.1, 0.15) is 11.5 Å². The Morgan fingerprint density at radius 2 is 1.71 bits per heavy atom. The molecule has 1 N–H and O–H groups in total. The summed E-state index contributed by atoms with van der Waals surface area (Å²) in [7, 11) is 0. The summed E-state index contributed by atoms with van der Waals surface area (Å²) in [5.41, 5.74) is 0. The molecule has 1 unspecified atom stereocenters. The van der Waals surface area contributed by atoms with Crippen LogP contribution < -0.4 is 4.74 Å². The van der Waals surface area contributed by atoms with Crippen LogP contribution in [-0.2, 0) is 11.1 Å². The predicted molar refractivity (Wildman–Crippen MR) is 69.7 cm³/mol. The van der Waals surface area contributed by atoms with Gasteiger partial charge in [-0.05, 0) is 36.4 Å². The summed E-state index contributed by atoms with van der Waals surface area (Å²) >= 11 is 1.35. The summed E-state index contributed by atoms with van der Waals surface area (Å²) < 4.78 is 26.4. The molecule has 88 valence electrons. The Labute approximate surface area is 110 Å². The maximum atomic E-state index is 10.9. The molecule has 0 heterocycles. The molecule has 2 aromatic carbocycles. The minimum atomic E-state index is -1.99. The smallest absolute Gasteiger partial charge is 0.186 e. The Balaban J connectivity index is 2.24. The number of halogens is 1. The highest BCUT2D eigenvalue weighted by Gasteiger charge is 2.03. The second-order valence-corrected chi connectivity index (χ2v) is 5.17. The van der Waals surface area contributed by atoms with Gasteiger partial charge in [0.15, 0.2) is 11.1 Å². The summed E-state index contributed by atoms with van der Waals surface area (Å²) in [6.07, 6.45) is 0. The van der Waals surface area contributed by atoms with Gasteiger partial charge in [-0.25, -0.2) is 4.21 Å². The lowest BCUT2D eigenvalue weighted by atomic mass is 10.3. The third-order valence-corrected chi connectivity index (χ3v) is 3.19. The van der Waals surface area contributed by atoms with Crippen molar-refractivity contribution in [2.75, 3.05) is 0 Å². The van der Waals surface area contributed by atoms with Crippen LogP contribution in [0.25, 0.3) is 0 Å². The fourth-order valence-electron chi connectivity index (χ4n) is 1.31. The Morgan fingerprint density at radius 1 is 1.06 bits per heavy atom. The molecule has 0 aromatic heterocycles. The fourth-order valence-corrected chi connectivity index (χ4v) is 2.10. The molecule has 17 heavy (non-hydrogen) atoms. The van der Waals surface area contributed by atoms with Gasteiger partial charge < -0.3 is 9.29 Å². The lowest BCUT2D eigenvalue weighted by Gasteiger charge is -2.06. The van der Waals surface area contributed by atoms with Crippen molar-refractivity contribution in [3.8, 4) is 11.5 Å². The standard InChI is InChI=1S/C12H9BrO3S/c13-9-3-1-4-10(7-9)16-11-5-2-6-12(8-11)17(14)15/h1-8H,(H,14,15). The average molecular weight is 313 g/mol. The van der Waals surface area contributed by atoms with E-state index in [1.165, 1.54) is 6.07 Å². The number of hydrogen-bond donors (Lipinski definition) is 1. The monoisotopic (exact) mass is 312 g/mol. The van der Waals surface area contributed by atoms with Gasteiger partial charge in [-0.3, -0.25) is 0 Å². The zero-order valence-corrected chi connectivity index (χ0v) is 11.1. The van der Waals surface area contributed by atoms with Crippen molar-refractivity contribution in [2.45, 2.75) is 4.90 Å². The number of hydrogen-bond acceptors (Lipinski definition) is 2. The molecule has 2 aromatic rings. The molecule has 3 nitrogen and oxygen atoms in total. The van der Waals surface area contributed by atoms with Gasteiger partial charge in [0.2, 0.25) is 0 Å². The Bertz CT molecular complexity index is 557. The SMILES string of the molecule is O=S(O)c1cccc(Oc2cccc(Br)c2)c1. The van der Waals surface area contributed by atoms with Gasteiger partial charge in [0.25, 0.3) is 0 Å². The fraction of sp³-hybridized carbons (Fsp3) is 0. The summed E-state index contributed by atoms with van der Waals surface area (Å²) in [6, 6.07) is 13.9. The molecule has 1 atom stereocenters.